The van der Waals surface area contributed by atoms with Crippen LogP contribution in [0.5, 0.6) is 0 Å². The van der Waals surface area contributed by atoms with Crippen LogP contribution in [0.4, 0.5) is 0 Å². The number of hydrogen-bond acceptors (Lipinski definition) is 2. The van der Waals surface area contributed by atoms with E-state index in [1.54, 1.807) is 0 Å². The third-order valence-corrected chi connectivity index (χ3v) is 5.90. The zero-order valence-corrected chi connectivity index (χ0v) is 13.5. The van der Waals surface area contributed by atoms with Crippen molar-refractivity contribution in [1.29, 1.82) is 0 Å². The second-order valence-corrected chi connectivity index (χ2v) is 7.12. The minimum atomic E-state index is 0.0608. The average molecular weight is 280 g/mol. The van der Waals surface area contributed by atoms with Gasteiger partial charge in [-0.05, 0) is 50.4 Å². The van der Waals surface area contributed by atoms with Crippen molar-refractivity contribution in [3.8, 4) is 0 Å². The molecule has 0 radical (unpaired) electrons. The molecule has 116 valence electrons. The molecule has 3 heteroatoms. The van der Waals surface area contributed by atoms with Gasteiger partial charge < -0.3 is 10.6 Å². The number of carbonyl (C=O) groups excluding carboxylic acids is 1. The predicted molar refractivity (Wildman–Crippen MR) is 83.3 cm³/mol. The lowest BCUT2D eigenvalue weighted by Crippen LogP contribution is -2.50. The molecule has 2 aliphatic rings. The third-order valence-electron chi connectivity index (χ3n) is 5.90. The summed E-state index contributed by atoms with van der Waals surface area (Å²) in [6.07, 6.45) is 9.53. The van der Waals surface area contributed by atoms with E-state index in [4.69, 9.17) is 5.73 Å². The molecular formula is C17H32N2O. The van der Waals surface area contributed by atoms with E-state index in [9.17, 15) is 4.79 Å². The van der Waals surface area contributed by atoms with Gasteiger partial charge in [0.2, 0.25) is 5.91 Å². The van der Waals surface area contributed by atoms with Gasteiger partial charge in [0.1, 0.15) is 0 Å². The lowest BCUT2D eigenvalue weighted by Gasteiger charge is -2.39. The maximum Gasteiger partial charge on any atom is 0.227 e. The summed E-state index contributed by atoms with van der Waals surface area (Å²) in [7, 11) is 2.01. The molecule has 0 bridgehead atoms. The molecule has 0 aromatic carbocycles. The van der Waals surface area contributed by atoms with E-state index in [0.29, 0.717) is 17.9 Å². The molecule has 3 nitrogen and oxygen atoms in total. The van der Waals surface area contributed by atoms with E-state index in [2.05, 4.69) is 13.8 Å². The van der Waals surface area contributed by atoms with Gasteiger partial charge in [-0.25, -0.2) is 0 Å². The number of hydrogen-bond donors (Lipinski definition) is 1. The molecule has 3 unspecified atom stereocenters. The second kappa shape index (κ2) is 6.93. The summed E-state index contributed by atoms with van der Waals surface area (Å²) in [4.78, 5) is 14.8. The maximum atomic E-state index is 12.8. The number of rotatable bonds is 3. The number of amides is 1. The first-order valence-corrected chi connectivity index (χ1v) is 8.56. The largest absolute Gasteiger partial charge is 0.342 e. The Hall–Kier alpha value is -0.570. The summed E-state index contributed by atoms with van der Waals surface area (Å²) in [6.45, 7) is 4.47. The SMILES string of the molecule is CCC1CCC(N(C)C(=O)C2CCCC(C)C2N)CC1. The monoisotopic (exact) mass is 280 g/mol. The molecule has 0 saturated heterocycles. The van der Waals surface area contributed by atoms with Crippen LogP contribution in [0, 0.1) is 17.8 Å². The zero-order chi connectivity index (χ0) is 14.7. The van der Waals surface area contributed by atoms with Gasteiger partial charge in [-0.1, -0.05) is 26.7 Å². The van der Waals surface area contributed by atoms with Gasteiger partial charge in [0.25, 0.3) is 0 Å². The van der Waals surface area contributed by atoms with E-state index >= 15 is 0 Å². The Labute approximate surface area is 124 Å². The minimum absolute atomic E-state index is 0.0608. The van der Waals surface area contributed by atoms with Crippen LogP contribution >= 0.6 is 0 Å². The highest BCUT2D eigenvalue weighted by Crippen LogP contribution is 2.33. The first-order chi connectivity index (χ1) is 9.54. The van der Waals surface area contributed by atoms with Crippen LogP contribution in [0.2, 0.25) is 0 Å². The second-order valence-electron chi connectivity index (χ2n) is 7.12. The van der Waals surface area contributed by atoms with Crippen molar-refractivity contribution < 1.29 is 4.79 Å². The first-order valence-electron chi connectivity index (χ1n) is 8.56. The Kier molecular flexibility index (Phi) is 5.48. The van der Waals surface area contributed by atoms with E-state index < -0.39 is 0 Å². The minimum Gasteiger partial charge on any atom is -0.342 e. The fraction of sp³-hybridized carbons (Fsp3) is 0.941. The third kappa shape index (κ3) is 3.36. The lowest BCUT2D eigenvalue weighted by atomic mass is 9.77. The van der Waals surface area contributed by atoms with E-state index in [1.165, 1.54) is 38.5 Å². The van der Waals surface area contributed by atoms with Crippen LogP contribution in [0.25, 0.3) is 0 Å². The van der Waals surface area contributed by atoms with Crippen molar-refractivity contribution in [2.75, 3.05) is 7.05 Å². The number of nitrogens with two attached hydrogens (primary N) is 1. The van der Waals surface area contributed by atoms with Gasteiger partial charge in [-0.3, -0.25) is 4.79 Å². The Bertz CT molecular complexity index is 323. The van der Waals surface area contributed by atoms with Crippen molar-refractivity contribution in [2.24, 2.45) is 23.5 Å². The van der Waals surface area contributed by atoms with Crippen molar-refractivity contribution in [3.05, 3.63) is 0 Å². The maximum absolute atomic E-state index is 12.8. The normalized spacial score (nSPS) is 38.5. The van der Waals surface area contributed by atoms with Gasteiger partial charge in [-0.15, -0.1) is 0 Å². The standard InChI is InChI=1S/C17H32N2O/c1-4-13-8-10-14(11-9-13)19(3)17(20)15-7-5-6-12(2)16(15)18/h12-16H,4-11,18H2,1-3H3. The van der Waals surface area contributed by atoms with Crippen molar-refractivity contribution >= 4 is 5.91 Å². The fourth-order valence-electron chi connectivity index (χ4n) is 4.11. The Morgan fingerprint density at radius 1 is 1.15 bits per heavy atom. The molecule has 3 atom stereocenters. The Morgan fingerprint density at radius 3 is 2.40 bits per heavy atom. The summed E-state index contributed by atoms with van der Waals surface area (Å²) in [5.41, 5.74) is 6.29. The molecule has 2 fully saturated rings. The number of carbonyl (C=O) groups is 1. The van der Waals surface area contributed by atoms with Crippen molar-refractivity contribution in [1.82, 2.24) is 4.90 Å². The van der Waals surface area contributed by atoms with E-state index in [0.717, 1.165) is 18.8 Å². The molecule has 20 heavy (non-hydrogen) atoms. The summed E-state index contributed by atoms with van der Waals surface area (Å²) in [5, 5.41) is 0. The molecule has 0 heterocycles. The highest BCUT2D eigenvalue weighted by atomic mass is 16.2. The quantitative estimate of drug-likeness (QED) is 0.863. The predicted octanol–water partition coefficient (Wildman–Crippen LogP) is 3.18. The molecule has 2 N–H and O–H groups in total. The Balaban J connectivity index is 1.91. The summed E-state index contributed by atoms with van der Waals surface area (Å²) in [5.74, 6) is 1.74. The topological polar surface area (TPSA) is 46.3 Å². The smallest absolute Gasteiger partial charge is 0.227 e. The van der Waals surface area contributed by atoms with Crippen LogP contribution < -0.4 is 5.73 Å². The highest BCUT2D eigenvalue weighted by molar-refractivity contribution is 5.79. The molecular weight excluding hydrogens is 248 g/mol. The lowest BCUT2D eigenvalue weighted by molar-refractivity contribution is -0.139. The van der Waals surface area contributed by atoms with Gasteiger partial charge >= 0.3 is 0 Å². The van der Waals surface area contributed by atoms with Gasteiger partial charge in [0.05, 0.1) is 5.92 Å². The van der Waals surface area contributed by atoms with E-state index in [1.807, 2.05) is 11.9 Å². The Morgan fingerprint density at radius 2 is 1.80 bits per heavy atom. The van der Waals surface area contributed by atoms with Crippen LogP contribution in [-0.2, 0) is 4.79 Å². The molecule has 2 aliphatic carbocycles. The van der Waals surface area contributed by atoms with Crippen LogP contribution in [0.3, 0.4) is 0 Å². The van der Waals surface area contributed by atoms with E-state index in [-0.39, 0.29) is 12.0 Å². The van der Waals surface area contributed by atoms with Crippen LogP contribution in [0.1, 0.15) is 65.2 Å². The molecule has 0 aliphatic heterocycles. The molecule has 0 aromatic heterocycles. The molecule has 0 spiro atoms. The highest BCUT2D eigenvalue weighted by Gasteiger charge is 2.36. The van der Waals surface area contributed by atoms with Gasteiger partial charge in [-0.2, -0.15) is 0 Å². The first kappa shape index (κ1) is 15.8. The zero-order valence-electron chi connectivity index (χ0n) is 13.5. The molecule has 0 aromatic rings. The molecule has 2 rings (SSSR count). The summed E-state index contributed by atoms with van der Waals surface area (Å²) >= 11 is 0. The van der Waals surface area contributed by atoms with Crippen LogP contribution in [0.15, 0.2) is 0 Å². The van der Waals surface area contributed by atoms with Crippen molar-refractivity contribution in [2.45, 2.75) is 77.3 Å². The summed E-state index contributed by atoms with van der Waals surface area (Å²) in [6, 6.07) is 0.514. The number of nitrogens with zero attached hydrogens (tertiary/aromatic N) is 1. The van der Waals surface area contributed by atoms with Crippen LogP contribution in [-0.4, -0.2) is 29.9 Å². The van der Waals surface area contributed by atoms with Crippen molar-refractivity contribution in [3.63, 3.8) is 0 Å². The van der Waals surface area contributed by atoms with Gasteiger partial charge in [0.15, 0.2) is 0 Å². The molecule has 1 amide bonds. The fourth-order valence-corrected chi connectivity index (χ4v) is 4.11. The average Bonchev–Trinajstić information content (AvgIpc) is 2.48. The molecule has 2 saturated carbocycles. The summed E-state index contributed by atoms with van der Waals surface area (Å²) < 4.78 is 0. The van der Waals surface area contributed by atoms with Gasteiger partial charge in [0, 0.05) is 19.1 Å².